The van der Waals surface area contributed by atoms with Crippen molar-refractivity contribution in [3.63, 3.8) is 0 Å². The molecule has 0 saturated heterocycles. The molecule has 1 N–H and O–H groups in total. The van der Waals surface area contributed by atoms with Crippen LogP contribution in [-0.2, 0) is 0 Å². The molecule has 0 aliphatic heterocycles. The van der Waals surface area contributed by atoms with Crippen molar-refractivity contribution >= 4 is 40.3 Å². The first kappa shape index (κ1) is 14.3. The van der Waals surface area contributed by atoms with Crippen LogP contribution in [-0.4, -0.2) is 0 Å². The fourth-order valence-electron chi connectivity index (χ4n) is 2.10. The molecule has 3 aromatic carbocycles. The standard InChI is InChI=1S/C18H15BrNP/c19-17-13-7-8-14-18(17)20-21(15-9-3-1-4-10-15)16-11-5-2-6-12-16/h1-14,20H. The molecular weight excluding hydrogens is 341 g/mol. The molecule has 0 unspecified atom stereocenters. The number of rotatable bonds is 4. The topological polar surface area (TPSA) is 12.0 Å². The van der Waals surface area contributed by atoms with Gasteiger partial charge in [-0.3, -0.25) is 0 Å². The van der Waals surface area contributed by atoms with Crippen molar-refractivity contribution in [2.75, 3.05) is 5.09 Å². The zero-order valence-electron chi connectivity index (χ0n) is 11.4. The molecule has 0 aromatic heterocycles. The molecule has 0 fully saturated rings. The Bertz CT molecular complexity index is 661. The summed E-state index contributed by atoms with van der Waals surface area (Å²) in [5.41, 5.74) is 1.12. The summed E-state index contributed by atoms with van der Waals surface area (Å²) >= 11 is 3.62. The van der Waals surface area contributed by atoms with Gasteiger partial charge in [-0.25, -0.2) is 0 Å². The van der Waals surface area contributed by atoms with E-state index < -0.39 is 8.07 Å². The Hall–Kier alpha value is -1.63. The summed E-state index contributed by atoms with van der Waals surface area (Å²) in [6, 6.07) is 29.5. The van der Waals surface area contributed by atoms with Gasteiger partial charge in [-0.1, -0.05) is 72.8 Å². The van der Waals surface area contributed by atoms with Gasteiger partial charge in [0.15, 0.2) is 0 Å². The van der Waals surface area contributed by atoms with Gasteiger partial charge in [0.2, 0.25) is 0 Å². The maximum atomic E-state index is 3.70. The van der Waals surface area contributed by atoms with E-state index in [4.69, 9.17) is 0 Å². The molecule has 3 aromatic rings. The lowest BCUT2D eigenvalue weighted by Gasteiger charge is -2.21. The maximum absolute atomic E-state index is 3.70. The molecule has 0 radical (unpaired) electrons. The minimum absolute atomic E-state index is 0.623. The van der Waals surface area contributed by atoms with E-state index in [1.807, 2.05) is 6.07 Å². The van der Waals surface area contributed by atoms with Crippen LogP contribution in [0.1, 0.15) is 0 Å². The van der Waals surface area contributed by atoms with Gasteiger partial charge in [-0.15, -0.1) is 0 Å². The molecule has 0 atom stereocenters. The van der Waals surface area contributed by atoms with Gasteiger partial charge in [-0.2, -0.15) is 0 Å². The average Bonchev–Trinajstić information content (AvgIpc) is 2.56. The minimum Gasteiger partial charge on any atom is -0.356 e. The first-order chi connectivity index (χ1) is 10.3. The van der Waals surface area contributed by atoms with E-state index in [1.165, 1.54) is 10.6 Å². The van der Waals surface area contributed by atoms with Gasteiger partial charge in [0.1, 0.15) is 0 Å². The summed E-state index contributed by atoms with van der Waals surface area (Å²) in [4.78, 5) is 0. The van der Waals surface area contributed by atoms with Crippen molar-refractivity contribution < 1.29 is 0 Å². The van der Waals surface area contributed by atoms with Crippen LogP contribution in [0.25, 0.3) is 0 Å². The molecule has 0 aliphatic rings. The van der Waals surface area contributed by atoms with E-state index in [0.29, 0.717) is 0 Å². The maximum Gasteiger partial charge on any atom is 0.0523 e. The molecule has 0 bridgehead atoms. The zero-order chi connectivity index (χ0) is 14.5. The molecule has 104 valence electrons. The first-order valence-corrected chi connectivity index (χ1v) is 8.89. The zero-order valence-corrected chi connectivity index (χ0v) is 13.9. The van der Waals surface area contributed by atoms with Crippen molar-refractivity contribution in [1.29, 1.82) is 0 Å². The van der Waals surface area contributed by atoms with E-state index in [1.54, 1.807) is 0 Å². The lowest BCUT2D eigenvalue weighted by atomic mass is 10.3. The van der Waals surface area contributed by atoms with Crippen molar-refractivity contribution in [1.82, 2.24) is 0 Å². The Kier molecular flexibility index (Phi) is 4.69. The second-order valence-electron chi connectivity index (χ2n) is 4.60. The van der Waals surface area contributed by atoms with Gasteiger partial charge >= 0.3 is 0 Å². The molecule has 0 aliphatic carbocycles. The highest BCUT2D eigenvalue weighted by Gasteiger charge is 2.14. The molecule has 0 spiro atoms. The fraction of sp³-hybridized carbons (Fsp3) is 0. The monoisotopic (exact) mass is 355 g/mol. The van der Waals surface area contributed by atoms with Crippen LogP contribution in [0, 0.1) is 0 Å². The van der Waals surface area contributed by atoms with Gasteiger partial charge in [0.25, 0.3) is 0 Å². The smallest absolute Gasteiger partial charge is 0.0523 e. The highest BCUT2D eigenvalue weighted by atomic mass is 79.9. The van der Waals surface area contributed by atoms with Gasteiger partial charge in [-0.05, 0) is 28.1 Å². The number of hydrogen-bond acceptors (Lipinski definition) is 1. The molecule has 3 heteroatoms. The van der Waals surface area contributed by atoms with Crippen LogP contribution in [0.4, 0.5) is 5.69 Å². The summed E-state index contributed by atoms with van der Waals surface area (Å²) in [5.74, 6) is 0. The van der Waals surface area contributed by atoms with Crippen LogP contribution in [0.15, 0.2) is 89.4 Å². The van der Waals surface area contributed by atoms with Gasteiger partial charge < -0.3 is 5.09 Å². The van der Waals surface area contributed by atoms with E-state index >= 15 is 0 Å². The number of anilines is 1. The Balaban J connectivity index is 1.99. The van der Waals surface area contributed by atoms with E-state index in [-0.39, 0.29) is 0 Å². The lowest BCUT2D eigenvalue weighted by molar-refractivity contribution is 1.62. The SMILES string of the molecule is Brc1ccccc1NP(c1ccccc1)c1ccccc1. The third-order valence-electron chi connectivity index (χ3n) is 3.13. The third-order valence-corrected chi connectivity index (χ3v) is 5.92. The molecule has 0 heterocycles. The Morgan fingerprint density at radius 2 is 1.10 bits per heavy atom. The summed E-state index contributed by atoms with van der Waals surface area (Å²) in [6.07, 6.45) is 0. The fourth-order valence-corrected chi connectivity index (χ4v) is 4.57. The number of para-hydroxylation sites is 1. The predicted molar refractivity (Wildman–Crippen MR) is 96.8 cm³/mol. The van der Waals surface area contributed by atoms with Gasteiger partial charge in [0.05, 0.1) is 13.8 Å². The Morgan fingerprint density at radius 1 is 0.619 bits per heavy atom. The Morgan fingerprint density at radius 3 is 1.62 bits per heavy atom. The molecule has 1 nitrogen and oxygen atoms in total. The highest BCUT2D eigenvalue weighted by molar-refractivity contribution is 9.10. The molecule has 0 amide bonds. The van der Waals surface area contributed by atoms with Crippen LogP contribution in [0.5, 0.6) is 0 Å². The summed E-state index contributed by atoms with van der Waals surface area (Å²) < 4.78 is 1.09. The number of benzene rings is 3. The summed E-state index contributed by atoms with van der Waals surface area (Å²) in [7, 11) is -0.623. The van der Waals surface area contributed by atoms with Crippen LogP contribution >= 0.6 is 24.0 Å². The summed E-state index contributed by atoms with van der Waals surface area (Å²) in [6.45, 7) is 0. The van der Waals surface area contributed by atoms with Crippen LogP contribution < -0.4 is 15.7 Å². The quantitative estimate of drug-likeness (QED) is 0.655. The number of halogens is 1. The highest BCUT2D eigenvalue weighted by Crippen LogP contribution is 2.37. The van der Waals surface area contributed by atoms with Crippen LogP contribution in [0.2, 0.25) is 0 Å². The first-order valence-electron chi connectivity index (χ1n) is 6.76. The van der Waals surface area contributed by atoms with Crippen molar-refractivity contribution in [3.8, 4) is 0 Å². The molecule has 21 heavy (non-hydrogen) atoms. The van der Waals surface area contributed by atoms with E-state index in [2.05, 4.69) is 99.9 Å². The van der Waals surface area contributed by atoms with E-state index in [0.717, 1.165) is 10.2 Å². The Labute approximate surface area is 135 Å². The number of nitrogens with one attached hydrogen (secondary N) is 1. The molecule has 3 rings (SSSR count). The summed E-state index contributed by atoms with van der Waals surface area (Å²) in [5, 5.41) is 6.33. The minimum atomic E-state index is -0.623. The van der Waals surface area contributed by atoms with Crippen molar-refractivity contribution in [2.45, 2.75) is 0 Å². The van der Waals surface area contributed by atoms with Crippen LogP contribution in [0.3, 0.4) is 0 Å². The normalized spacial score (nSPS) is 10.6. The molecule has 0 saturated carbocycles. The van der Waals surface area contributed by atoms with Crippen molar-refractivity contribution in [3.05, 3.63) is 89.4 Å². The molecular formula is C18H15BrNP. The third kappa shape index (κ3) is 3.53. The van der Waals surface area contributed by atoms with Crippen molar-refractivity contribution in [2.24, 2.45) is 0 Å². The second-order valence-corrected chi connectivity index (χ2v) is 7.38. The van der Waals surface area contributed by atoms with E-state index in [9.17, 15) is 0 Å². The number of hydrogen-bond donors (Lipinski definition) is 1. The largest absolute Gasteiger partial charge is 0.356 e. The predicted octanol–water partition coefficient (Wildman–Crippen LogP) is 4.91. The lowest BCUT2D eigenvalue weighted by Crippen LogP contribution is -2.17. The average molecular weight is 356 g/mol. The second kappa shape index (κ2) is 6.89. The van der Waals surface area contributed by atoms with Gasteiger partial charge in [0, 0.05) is 15.1 Å².